The summed E-state index contributed by atoms with van der Waals surface area (Å²) in [6.45, 7) is 6.87. The molecule has 224 valence electrons. The Labute approximate surface area is 245 Å². The Kier molecular flexibility index (Phi) is 11.3. The van der Waals surface area contributed by atoms with Crippen LogP contribution in [0, 0.1) is 0 Å². The summed E-state index contributed by atoms with van der Waals surface area (Å²) in [5.74, 6) is -0.584. The van der Waals surface area contributed by atoms with Gasteiger partial charge in [-0.1, -0.05) is 49.4 Å². The molecule has 0 saturated heterocycles. The van der Waals surface area contributed by atoms with Crippen molar-refractivity contribution in [3.63, 3.8) is 0 Å². The van der Waals surface area contributed by atoms with Gasteiger partial charge in [-0.3, -0.25) is 19.6 Å². The monoisotopic (exact) mass is 614 g/mol. The number of imide groups is 1. The molecule has 1 atom stereocenters. The topological polar surface area (TPSA) is 90.5 Å². The fourth-order valence-corrected chi connectivity index (χ4v) is 3.91. The highest BCUT2D eigenvalue weighted by Crippen LogP contribution is 2.28. The van der Waals surface area contributed by atoms with Crippen molar-refractivity contribution < 1.29 is 31.4 Å². The van der Waals surface area contributed by atoms with Gasteiger partial charge in [0.2, 0.25) is 0 Å². The first-order valence-corrected chi connectivity index (χ1v) is 14.6. The van der Waals surface area contributed by atoms with E-state index in [0.717, 1.165) is 11.8 Å². The molecule has 1 saturated carbocycles. The molecule has 2 heterocycles. The van der Waals surface area contributed by atoms with Gasteiger partial charge < -0.3 is 4.74 Å². The predicted molar refractivity (Wildman–Crippen MR) is 155 cm³/mol. The van der Waals surface area contributed by atoms with Gasteiger partial charge in [0.15, 0.2) is 18.4 Å². The molecule has 1 unspecified atom stereocenters. The number of amides is 2. The summed E-state index contributed by atoms with van der Waals surface area (Å²) in [5, 5.41) is 5.22. The van der Waals surface area contributed by atoms with Crippen molar-refractivity contribution in [3.05, 3.63) is 65.0 Å². The lowest BCUT2D eigenvalue weighted by Crippen LogP contribution is -2.29. The van der Waals surface area contributed by atoms with E-state index >= 15 is 0 Å². The number of nitrogens with zero attached hydrogens (tertiary/aromatic N) is 3. The second-order valence-electron chi connectivity index (χ2n) is 10.6. The van der Waals surface area contributed by atoms with Crippen molar-refractivity contribution in [1.29, 1.82) is 0 Å². The molecule has 41 heavy (non-hydrogen) atoms. The normalized spacial score (nSPS) is 15.2. The number of fused-ring (bicyclic) bond motifs is 2. The first-order chi connectivity index (χ1) is 19.3. The van der Waals surface area contributed by atoms with Crippen LogP contribution in [0.5, 0.6) is 0 Å². The van der Waals surface area contributed by atoms with Crippen LogP contribution in [0.4, 0.5) is 17.1 Å². The van der Waals surface area contributed by atoms with Gasteiger partial charge in [0.1, 0.15) is 5.82 Å². The van der Waals surface area contributed by atoms with Gasteiger partial charge in [-0.2, -0.15) is 13.2 Å². The van der Waals surface area contributed by atoms with Crippen molar-refractivity contribution in [1.82, 2.24) is 13.9 Å². The lowest BCUT2D eigenvalue weighted by Gasteiger charge is -2.16. The Balaban J connectivity index is 0.000000442. The van der Waals surface area contributed by atoms with Crippen LogP contribution in [-0.4, -0.2) is 49.3 Å². The predicted octanol–water partition coefficient (Wildman–Crippen LogP) is 7.29. The third kappa shape index (κ3) is 9.19. The van der Waals surface area contributed by atoms with Crippen molar-refractivity contribution >= 4 is 47.1 Å². The van der Waals surface area contributed by atoms with E-state index in [2.05, 4.69) is 25.8 Å². The molecule has 1 fully saturated rings. The minimum absolute atomic E-state index is 0.0133. The summed E-state index contributed by atoms with van der Waals surface area (Å²) in [4.78, 5) is 30.6. The fraction of sp³-hybridized carbons (Fsp3) is 0.464. The molecule has 0 spiro atoms. The van der Waals surface area contributed by atoms with Crippen molar-refractivity contribution in [3.8, 4) is 0 Å². The fourth-order valence-electron chi connectivity index (χ4n) is 3.47. The van der Waals surface area contributed by atoms with Crippen molar-refractivity contribution in [2.45, 2.75) is 77.0 Å². The third-order valence-electron chi connectivity index (χ3n) is 5.89. The Bertz CT molecular complexity index is 1320. The van der Waals surface area contributed by atoms with Crippen LogP contribution in [0.1, 0.15) is 79.1 Å². The molecule has 1 aliphatic heterocycles. The smallest absolute Gasteiger partial charge is 0.369 e. The van der Waals surface area contributed by atoms with E-state index in [4.69, 9.17) is 9.88 Å². The molecule has 2 N–H and O–H groups in total. The van der Waals surface area contributed by atoms with Crippen LogP contribution in [0.25, 0.3) is 11.0 Å². The molecule has 1 aliphatic carbocycles. The highest BCUT2D eigenvalue weighted by atomic mass is 32.2. The van der Waals surface area contributed by atoms with Crippen LogP contribution in [0.3, 0.4) is 0 Å². The first kappa shape index (κ1) is 32.9. The van der Waals surface area contributed by atoms with Crippen LogP contribution >= 0.6 is 24.3 Å². The summed E-state index contributed by atoms with van der Waals surface area (Å²) in [7, 11) is 0. The summed E-state index contributed by atoms with van der Waals surface area (Å²) < 4.78 is 57.5. The number of carbonyl (C=O) groups excluding carboxylic acids is 2. The van der Waals surface area contributed by atoms with Crippen molar-refractivity contribution in [2.75, 3.05) is 6.61 Å². The number of benzene rings is 2. The number of imidazole rings is 1. The lowest BCUT2D eigenvalue weighted by atomic mass is 10.1. The molecular weight excluding hydrogens is 580 g/mol. The van der Waals surface area contributed by atoms with Crippen LogP contribution < -0.4 is 5.14 Å². The number of nitrogens with two attached hydrogens (primary N) is 1. The number of halogens is 4. The van der Waals surface area contributed by atoms with Gasteiger partial charge in [-0.05, 0) is 57.5 Å². The Hall–Kier alpha value is -2.61. The molecular formula is C28H34F4N4O3S2. The van der Waals surface area contributed by atoms with Gasteiger partial charge in [-0.25, -0.2) is 8.96 Å². The summed E-state index contributed by atoms with van der Waals surface area (Å²) >= 11 is 1.27. The highest BCUT2D eigenvalue weighted by Gasteiger charge is 2.37. The highest BCUT2D eigenvalue weighted by molar-refractivity contribution is 7.98. The van der Waals surface area contributed by atoms with Crippen molar-refractivity contribution in [2.24, 2.45) is 5.14 Å². The number of rotatable bonds is 7. The van der Waals surface area contributed by atoms with E-state index < -0.39 is 24.1 Å². The average molecular weight is 615 g/mol. The largest absolute Gasteiger partial charge is 0.414 e. The number of aromatic nitrogens is 2. The lowest BCUT2D eigenvalue weighted by molar-refractivity contribution is -0.213. The summed E-state index contributed by atoms with van der Waals surface area (Å²) in [5.41, 5.74) is 2.10. The van der Waals surface area contributed by atoms with Gasteiger partial charge in [0.25, 0.3) is 11.8 Å². The molecule has 5 rings (SSSR count). The van der Waals surface area contributed by atoms with E-state index in [1.165, 1.54) is 35.2 Å². The molecule has 0 bridgehead atoms. The standard InChI is InChI=1S/C21H17F4N3O3S.C4H11NS.C3H6/c1-12(21(22,23)24)31-9-8-18-26-16-10-13(6-7-17(16)28(18)32-25)11-27-19(29)14-4-2-3-5-15(14)20(27)30;1-4(2,3)6-5;1-2-3-1/h2-7,10,12H,8-9,11H2,1H3;5H2,1-3H3;1-3H2. The molecule has 7 nitrogen and oxygen atoms in total. The number of alkyl halides is 3. The van der Waals surface area contributed by atoms with E-state index in [9.17, 15) is 26.6 Å². The zero-order valence-electron chi connectivity index (χ0n) is 23.3. The number of carbonyl (C=O) groups is 2. The van der Waals surface area contributed by atoms with Crippen LogP contribution in [-0.2, 0) is 17.7 Å². The SMILES string of the molecule is C1CC1.CC(C)(C)SN.CC(OCCc1nc2cc(CN3C(=O)c4ccccc4C3=O)ccc2n1SF)C(F)(F)F. The second kappa shape index (κ2) is 14.0. The second-order valence-corrected chi connectivity index (χ2v) is 12.5. The molecule has 13 heteroatoms. The molecule has 2 aromatic carbocycles. The van der Waals surface area contributed by atoms with Gasteiger partial charge in [-0.15, -0.1) is 3.89 Å². The molecule has 1 aromatic heterocycles. The number of hydrogen-bond acceptors (Lipinski definition) is 7. The zero-order valence-corrected chi connectivity index (χ0v) is 25.0. The summed E-state index contributed by atoms with van der Waals surface area (Å²) in [6, 6.07) is 11.4. The Morgan fingerprint density at radius 2 is 1.59 bits per heavy atom. The zero-order chi connectivity index (χ0) is 30.4. The third-order valence-corrected chi connectivity index (χ3v) is 7.14. The van der Waals surface area contributed by atoms with Crippen LogP contribution in [0.2, 0.25) is 0 Å². The Morgan fingerprint density at radius 3 is 2.05 bits per heavy atom. The average Bonchev–Trinajstić information content (AvgIpc) is 3.74. The maximum Gasteiger partial charge on any atom is 0.414 e. The van der Waals surface area contributed by atoms with E-state index in [1.54, 1.807) is 42.5 Å². The summed E-state index contributed by atoms with van der Waals surface area (Å²) in [6.07, 6.45) is -1.95. The van der Waals surface area contributed by atoms with E-state index in [1.807, 2.05) is 0 Å². The van der Waals surface area contributed by atoms with Gasteiger partial charge in [0.05, 0.1) is 35.3 Å². The molecule has 2 aliphatic rings. The van der Waals surface area contributed by atoms with E-state index in [0.29, 0.717) is 27.7 Å². The van der Waals surface area contributed by atoms with Gasteiger partial charge in [0, 0.05) is 11.2 Å². The first-order valence-electron chi connectivity index (χ1n) is 13.1. The maximum atomic E-state index is 13.5. The Morgan fingerprint density at radius 1 is 1.02 bits per heavy atom. The quantitative estimate of drug-likeness (QED) is 0.170. The minimum Gasteiger partial charge on any atom is -0.369 e. The number of hydrogen-bond donors (Lipinski definition) is 1. The molecule has 3 aromatic rings. The number of ether oxygens (including phenoxy) is 1. The molecule has 0 radical (unpaired) electrons. The maximum absolute atomic E-state index is 13.5. The minimum atomic E-state index is -4.48. The molecule has 2 amide bonds. The van der Waals surface area contributed by atoms with Gasteiger partial charge >= 0.3 is 6.18 Å². The van der Waals surface area contributed by atoms with E-state index in [-0.39, 0.29) is 42.5 Å². The van der Waals surface area contributed by atoms with Crippen LogP contribution in [0.15, 0.2) is 42.5 Å².